The Morgan fingerprint density at radius 1 is 1.31 bits per heavy atom. The maximum absolute atomic E-state index is 12.8. The molecule has 9 heteroatoms. The smallest absolute Gasteiger partial charge is 0.331 e. The molecule has 2 aromatic heterocycles. The van der Waals surface area contributed by atoms with E-state index in [1.165, 1.54) is 6.07 Å². The molecule has 8 nitrogen and oxygen atoms in total. The highest BCUT2D eigenvalue weighted by Gasteiger charge is 2.46. The first kappa shape index (κ1) is 18.3. The summed E-state index contributed by atoms with van der Waals surface area (Å²) in [5.74, 6) is 0.927. The van der Waals surface area contributed by atoms with Gasteiger partial charge in [0.05, 0.1) is 5.60 Å². The Bertz CT molecular complexity index is 1210. The van der Waals surface area contributed by atoms with Gasteiger partial charge in [0.1, 0.15) is 6.54 Å². The van der Waals surface area contributed by atoms with E-state index >= 15 is 0 Å². The van der Waals surface area contributed by atoms with Crippen molar-refractivity contribution in [3.05, 3.63) is 79.2 Å². The molecule has 150 valence electrons. The second kappa shape index (κ2) is 6.40. The molecule has 1 aliphatic heterocycles. The normalized spacial score (nSPS) is 21.5. The Morgan fingerprint density at radius 2 is 2.07 bits per heavy atom. The van der Waals surface area contributed by atoms with E-state index in [0.29, 0.717) is 16.5 Å². The summed E-state index contributed by atoms with van der Waals surface area (Å²) in [4.78, 5) is 29.4. The molecule has 1 aromatic carbocycles. The van der Waals surface area contributed by atoms with Crippen LogP contribution in [0.3, 0.4) is 0 Å². The molecule has 0 unspecified atom stereocenters. The number of hydrogen-bond donors (Lipinski definition) is 1. The minimum absolute atomic E-state index is 0.0918. The number of halogens is 1. The van der Waals surface area contributed by atoms with Gasteiger partial charge in [0, 0.05) is 29.2 Å². The van der Waals surface area contributed by atoms with E-state index in [-0.39, 0.29) is 42.0 Å². The Balaban J connectivity index is 1.38. The van der Waals surface area contributed by atoms with Crippen LogP contribution in [-0.2, 0) is 25.0 Å². The largest absolute Gasteiger partial charge is 0.385 e. The second-order valence-corrected chi connectivity index (χ2v) is 8.48. The summed E-state index contributed by atoms with van der Waals surface area (Å²) in [5.41, 5.74) is -0.444. The highest BCUT2D eigenvalue weighted by Crippen LogP contribution is 2.49. The Labute approximate surface area is 170 Å². The van der Waals surface area contributed by atoms with Gasteiger partial charge in [0.15, 0.2) is 5.82 Å². The third-order valence-corrected chi connectivity index (χ3v) is 6.01. The number of aromatic nitrogens is 4. The summed E-state index contributed by atoms with van der Waals surface area (Å²) < 4.78 is 8.08. The monoisotopic (exact) mass is 414 g/mol. The van der Waals surface area contributed by atoms with Gasteiger partial charge in [0.2, 0.25) is 5.89 Å². The third kappa shape index (κ3) is 3.22. The maximum Gasteiger partial charge on any atom is 0.331 e. The number of aliphatic hydroxyl groups is 1. The van der Waals surface area contributed by atoms with Crippen LogP contribution in [0.2, 0.25) is 5.02 Å². The molecule has 1 saturated carbocycles. The first-order chi connectivity index (χ1) is 13.8. The van der Waals surface area contributed by atoms with Crippen LogP contribution in [0.4, 0.5) is 0 Å². The van der Waals surface area contributed by atoms with Crippen molar-refractivity contribution in [3.63, 3.8) is 0 Å². The molecule has 0 bridgehead atoms. The zero-order chi connectivity index (χ0) is 20.3. The summed E-state index contributed by atoms with van der Waals surface area (Å²) in [6.45, 7) is 1.56. The van der Waals surface area contributed by atoms with E-state index in [9.17, 15) is 14.7 Å². The first-order valence-corrected chi connectivity index (χ1v) is 9.85. The predicted octanol–water partition coefficient (Wildman–Crippen LogP) is 1.66. The fourth-order valence-corrected chi connectivity index (χ4v) is 4.24. The first-order valence-electron chi connectivity index (χ1n) is 9.47. The lowest BCUT2D eigenvalue weighted by Gasteiger charge is -2.22. The molecule has 0 spiro atoms. The van der Waals surface area contributed by atoms with Crippen molar-refractivity contribution in [2.45, 2.75) is 44.4 Å². The van der Waals surface area contributed by atoms with Gasteiger partial charge in [-0.05, 0) is 43.4 Å². The number of rotatable bonds is 5. The van der Waals surface area contributed by atoms with Crippen molar-refractivity contribution in [1.29, 1.82) is 0 Å². The molecular formula is C20H19ClN4O4. The number of hydrogen-bond acceptors (Lipinski definition) is 6. The minimum atomic E-state index is -1.23. The summed E-state index contributed by atoms with van der Waals surface area (Å²) in [6, 6.07) is 8.61. The number of fused-ring (bicyclic) bond motifs is 3. The third-order valence-electron chi connectivity index (χ3n) is 5.76. The predicted molar refractivity (Wildman–Crippen MR) is 104 cm³/mol. The highest BCUT2D eigenvalue weighted by atomic mass is 35.5. The molecule has 3 atom stereocenters. The molecule has 3 aromatic rings. The van der Waals surface area contributed by atoms with Gasteiger partial charge >= 0.3 is 5.69 Å². The maximum atomic E-state index is 12.8. The van der Waals surface area contributed by atoms with Crippen molar-refractivity contribution < 1.29 is 9.63 Å². The summed E-state index contributed by atoms with van der Waals surface area (Å²) >= 11 is 5.90. The van der Waals surface area contributed by atoms with Crippen LogP contribution < -0.4 is 11.2 Å². The lowest BCUT2D eigenvalue weighted by atomic mass is 9.92. The van der Waals surface area contributed by atoms with E-state index in [1.54, 1.807) is 35.8 Å². The summed E-state index contributed by atoms with van der Waals surface area (Å²) in [7, 11) is 0. The van der Waals surface area contributed by atoms with E-state index in [2.05, 4.69) is 10.1 Å². The molecule has 29 heavy (non-hydrogen) atoms. The van der Waals surface area contributed by atoms with Gasteiger partial charge in [-0.15, -0.1) is 0 Å². The van der Waals surface area contributed by atoms with Gasteiger partial charge in [0.25, 0.3) is 5.56 Å². The zero-order valence-corrected chi connectivity index (χ0v) is 16.5. The topological polar surface area (TPSA) is 103 Å². The number of nitrogens with zero attached hydrogens (tertiary/aromatic N) is 4. The van der Waals surface area contributed by atoms with Gasteiger partial charge in [-0.25, -0.2) is 4.79 Å². The minimum Gasteiger partial charge on any atom is -0.385 e. The SMILES string of the molecule is C[C@@](O)(Cc1noc(Cn2c(=O)cc3n(c2=O)[C@H]2C[C@H]2C3)n1)c1ccc(Cl)cc1. The second-order valence-electron chi connectivity index (χ2n) is 8.04. The van der Waals surface area contributed by atoms with Crippen LogP contribution in [0, 0.1) is 5.92 Å². The Kier molecular flexibility index (Phi) is 4.04. The van der Waals surface area contributed by atoms with Crippen molar-refractivity contribution in [3.8, 4) is 0 Å². The van der Waals surface area contributed by atoms with Gasteiger partial charge in [-0.3, -0.25) is 13.9 Å². The van der Waals surface area contributed by atoms with Crippen LogP contribution in [-0.4, -0.2) is 24.4 Å². The van der Waals surface area contributed by atoms with Crippen molar-refractivity contribution in [2.24, 2.45) is 5.92 Å². The molecule has 1 N–H and O–H groups in total. The zero-order valence-electron chi connectivity index (χ0n) is 15.7. The fraction of sp³-hybridized carbons (Fsp3) is 0.400. The highest BCUT2D eigenvalue weighted by molar-refractivity contribution is 6.30. The van der Waals surface area contributed by atoms with Crippen LogP contribution in [0.5, 0.6) is 0 Å². The average Bonchev–Trinajstić information content (AvgIpc) is 3.11. The molecule has 1 fully saturated rings. The molecule has 5 rings (SSSR count). The lowest BCUT2D eigenvalue weighted by molar-refractivity contribution is 0.0548. The quantitative estimate of drug-likeness (QED) is 0.681. The molecule has 2 aliphatic rings. The van der Waals surface area contributed by atoms with Gasteiger partial charge in [-0.1, -0.05) is 28.9 Å². The molecule has 0 radical (unpaired) electrons. The van der Waals surface area contributed by atoms with E-state index in [0.717, 1.165) is 23.1 Å². The van der Waals surface area contributed by atoms with Crippen LogP contribution in [0.15, 0.2) is 44.4 Å². The molecular weight excluding hydrogens is 396 g/mol. The Morgan fingerprint density at radius 3 is 2.83 bits per heavy atom. The van der Waals surface area contributed by atoms with E-state index in [1.807, 2.05) is 0 Å². The van der Waals surface area contributed by atoms with Crippen molar-refractivity contribution >= 4 is 11.6 Å². The standard InChI is InChI=1S/C20H19ClN4O4/c1-20(28,12-2-4-13(21)5-3-12)9-16-22-17(29-23-16)10-24-18(26)8-14-6-11-7-15(11)25(14)19(24)27/h2-5,8,11,15,28H,6-7,9-10H2,1H3/t11-,15+,20-/m1/s1. The molecule has 3 heterocycles. The van der Waals surface area contributed by atoms with E-state index < -0.39 is 5.60 Å². The van der Waals surface area contributed by atoms with Gasteiger partial charge < -0.3 is 9.63 Å². The van der Waals surface area contributed by atoms with Crippen LogP contribution in [0.25, 0.3) is 0 Å². The Hall–Kier alpha value is -2.71. The summed E-state index contributed by atoms with van der Waals surface area (Å²) in [6.07, 6.45) is 1.90. The van der Waals surface area contributed by atoms with Gasteiger partial charge in [-0.2, -0.15) is 4.98 Å². The van der Waals surface area contributed by atoms with Crippen molar-refractivity contribution in [1.82, 2.24) is 19.3 Å². The number of benzene rings is 1. The summed E-state index contributed by atoms with van der Waals surface area (Å²) in [5, 5.41) is 15.3. The van der Waals surface area contributed by atoms with E-state index in [4.69, 9.17) is 16.1 Å². The molecule has 0 saturated heterocycles. The van der Waals surface area contributed by atoms with Crippen LogP contribution in [0.1, 0.15) is 42.4 Å². The average molecular weight is 415 g/mol. The van der Waals surface area contributed by atoms with Crippen molar-refractivity contribution in [2.75, 3.05) is 0 Å². The molecule has 0 amide bonds. The lowest BCUT2D eigenvalue weighted by Crippen LogP contribution is -2.40. The molecule has 1 aliphatic carbocycles. The fourth-order valence-electron chi connectivity index (χ4n) is 4.11. The van der Waals surface area contributed by atoms with Crippen LogP contribution >= 0.6 is 11.6 Å².